The molecular formula is C20H26N4O2. The summed E-state index contributed by atoms with van der Waals surface area (Å²) in [4.78, 5) is 22.0. The summed E-state index contributed by atoms with van der Waals surface area (Å²) in [6.07, 6.45) is 1.85. The van der Waals surface area contributed by atoms with Crippen LogP contribution in [0.4, 0.5) is 5.82 Å². The first-order valence-corrected chi connectivity index (χ1v) is 9.46. The fourth-order valence-corrected chi connectivity index (χ4v) is 3.54. The summed E-state index contributed by atoms with van der Waals surface area (Å²) in [5, 5.41) is 13.6. The van der Waals surface area contributed by atoms with Gasteiger partial charge in [-0.05, 0) is 31.9 Å². The van der Waals surface area contributed by atoms with Crippen molar-refractivity contribution >= 4 is 22.6 Å². The minimum Gasteiger partial charge on any atom is -0.392 e. The molecule has 1 saturated heterocycles. The normalized spacial score (nSPS) is 19.5. The molecule has 26 heavy (non-hydrogen) atoms. The van der Waals surface area contributed by atoms with Crippen molar-refractivity contribution in [3.8, 4) is 0 Å². The molecule has 2 N–H and O–H groups in total. The molecule has 0 spiro atoms. The number of hydrogen-bond acceptors (Lipinski definition) is 5. The van der Waals surface area contributed by atoms with Crippen molar-refractivity contribution < 1.29 is 9.90 Å². The summed E-state index contributed by atoms with van der Waals surface area (Å²) in [6.45, 7) is 6.01. The summed E-state index contributed by atoms with van der Waals surface area (Å²) < 4.78 is 0. The minimum absolute atomic E-state index is 0.0000845. The summed E-state index contributed by atoms with van der Waals surface area (Å²) in [7, 11) is 0. The molecule has 0 bridgehead atoms. The first kappa shape index (κ1) is 17.2. The molecule has 1 aliphatic carbocycles. The van der Waals surface area contributed by atoms with Crippen LogP contribution in [-0.2, 0) is 0 Å². The predicted octanol–water partition coefficient (Wildman–Crippen LogP) is 1.63. The molecule has 1 amide bonds. The van der Waals surface area contributed by atoms with Gasteiger partial charge in [0.25, 0.3) is 5.91 Å². The van der Waals surface area contributed by atoms with Gasteiger partial charge in [-0.15, -0.1) is 0 Å². The van der Waals surface area contributed by atoms with E-state index in [-0.39, 0.29) is 12.0 Å². The number of anilines is 1. The molecule has 1 saturated carbocycles. The number of benzene rings is 1. The molecular weight excluding hydrogens is 328 g/mol. The lowest BCUT2D eigenvalue weighted by atomic mass is 10.1. The van der Waals surface area contributed by atoms with Crippen LogP contribution >= 0.6 is 0 Å². The summed E-state index contributed by atoms with van der Waals surface area (Å²) in [5.41, 5.74) is 1.57. The van der Waals surface area contributed by atoms with Gasteiger partial charge in [0.1, 0.15) is 5.82 Å². The Bertz CT molecular complexity index is 795. The largest absolute Gasteiger partial charge is 0.392 e. The van der Waals surface area contributed by atoms with Crippen molar-refractivity contribution in [1.82, 2.24) is 15.2 Å². The van der Waals surface area contributed by atoms with Crippen molar-refractivity contribution in [3.63, 3.8) is 0 Å². The van der Waals surface area contributed by atoms with Gasteiger partial charge in [-0.25, -0.2) is 4.98 Å². The number of para-hydroxylation sites is 1. The molecule has 138 valence electrons. The molecule has 2 aromatic rings. The number of amides is 1. The average molecular weight is 354 g/mol. The van der Waals surface area contributed by atoms with Crippen LogP contribution in [-0.4, -0.2) is 65.8 Å². The smallest absolute Gasteiger partial charge is 0.252 e. The highest BCUT2D eigenvalue weighted by Crippen LogP contribution is 2.26. The number of pyridine rings is 1. The molecule has 6 heteroatoms. The summed E-state index contributed by atoms with van der Waals surface area (Å²) in [6, 6.07) is 10.1. The topological polar surface area (TPSA) is 68.7 Å². The Morgan fingerprint density at radius 1 is 1.27 bits per heavy atom. The molecule has 1 aliphatic heterocycles. The van der Waals surface area contributed by atoms with Gasteiger partial charge in [-0.1, -0.05) is 18.2 Å². The van der Waals surface area contributed by atoms with Crippen molar-refractivity contribution in [1.29, 1.82) is 0 Å². The lowest BCUT2D eigenvalue weighted by Crippen LogP contribution is -2.48. The Morgan fingerprint density at radius 2 is 2.00 bits per heavy atom. The van der Waals surface area contributed by atoms with E-state index < -0.39 is 0 Å². The number of aliphatic hydroxyl groups excluding tert-OH is 1. The molecule has 1 aromatic carbocycles. The van der Waals surface area contributed by atoms with Gasteiger partial charge in [0.05, 0.1) is 17.2 Å². The number of aromatic nitrogens is 1. The fraction of sp³-hybridized carbons (Fsp3) is 0.500. The van der Waals surface area contributed by atoms with Gasteiger partial charge in [0.2, 0.25) is 0 Å². The van der Waals surface area contributed by atoms with Crippen LogP contribution in [0.25, 0.3) is 10.9 Å². The van der Waals surface area contributed by atoms with Gasteiger partial charge < -0.3 is 15.3 Å². The van der Waals surface area contributed by atoms with E-state index in [2.05, 4.69) is 15.1 Å². The number of piperazine rings is 1. The zero-order valence-corrected chi connectivity index (χ0v) is 15.2. The third kappa shape index (κ3) is 3.81. The van der Waals surface area contributed by atoms with Crippen LogP contribution in [0.1, 0.15) is 30.1 Å². The maximum atomic E-state index is 12.7. The van der Waals surface area contributed by atoms with E-state index in [1.807, 2.05) is 37.3 Å². The highest BCUT2D eigenvalue weighted by molar-refractivity contribution is 6.07. The van der Waals surface area contributed by atoms with E-state index in [1.165, 1.54) is 0 Å². The molecule has 2 heterocycles. The number of β-amino-alcohol motifs (C(OH)–C–C–N with tert-alkyl or cyclic N) is 1. The van der Waals surface area contributed by atoms with E-state index in [0.29, 0.717) is 18.2 Å². The van der Waals surface area contributed by atoms with E-state index in [1.54, 1.807) is 0 Å². The molecule has 2 fully saturated rings. The van der Waals surface area contributed by atoms with Gasteiger partial charge >= 0.3 is 0 Å². The minimum atomic E-state index is -0.307. The van der Waals surface area contributed by atoms with Crippen LogP contribution in [0.3, 0.4) is 0 Å². The fourth-order valence-electron chi connectivity index (χ4n) is 3.54. The monoisotopic (exact) mass is 354 g/mol. The number of aliphatic hydroxyl groups is 1. The number of nitrogens with zero attached hydrogens (tertiary/aromatic N) is 3. The molecule has 6 nitrogen and oxygen atoms in total. The standard InChI is InChI=1S/C20H26N4O2/c1-14(25)13-23-8-10-24(11-9-23)19-12-17(20(26)21-15-6-7-15)16-4-2-3-5-18(16)22-19/h2-5,12,14-15,25H,6-11,13H2,1H3,(H,21,26)/t14-/m1/s1. The van der Waals surface area contributed by atoms with Crippen LogP contribution in [0.2, 0.25) is 0 Å². The quantitative estimate of drug-likeness (QED) is 0.854. The summed E-state index contributed by atoms with van der Waals surface area (Å²) in [5.74, 6) is 0.862. The van der Waals surface area contributed by atoms with Crippen molar-refractivity contribution in [2.24, 2.45) is 0 Å². The highest BCUT2D eigenvalue weighted by atomic mass is 16.3. The Labute approximate surface area is 153 Å². The first-order chi connectivity index (χ1) is 12.6. The molecule has 2 aliphatic rings. The van der Waals surface area contributed by atoms with Gasteiger partial charge in [0.15, 0.2) is 0 Å². The Hall–Kier alpha value is -2.18. The third-order valence-corrected chi connectivity index (χ3v) is 5.08. The number of carbonyl (C=O) groups is 1. The lowest BCUT2D eigenvalue weighted by Gasteiger charge is -2.36. The number of nitrogens with one attached hydrogen (secondary N) is 1. The Kier molecular flexibility index (Phi) is 4.78. The predicted molar refractivity (Wildman–Crippen MR) is 103 cm³/mol. The van der Waals surface area contributed by atoms with Crippen LogP contribution in [0.5, 0.6) is 0 Å². The third-order valence-electron chi connectivity index (χ3n) is 5.08. The summed E-state index contributed by atoms with van der Waals surface area (Å²) >= 11 is 0. The second-order valence-corrected chi connectivity index (χ2v) is 7.43. The number of fused-ring (bicyclic) bond motifs is 1. The number of rotatable bonds is 5. The highest BCUT2D eigenvalue weighted by Gasteiger charge is 2.26. The van der Waals surface area contributed by atoms with Crippen LogP contribution in [0, 0.1) is 0 Å². The van der Waals surface area contributed by atoms with E-state index in [4.69, 9.17) is 4.98 Å². The first-order valence-electron chi connectivity index (χ1n) is 9.46. The maximum absolute atomic E-state index is 12.7. The Balaban J connectivity index is 1.58. The Morgan fingerprint density at radius 3 is 2.69 bits per heavy atom. The lowest BCUT2D eigenvalue weighted by molar-refractivity contribution is 0.0952. The molecule has 4 rings (SSSR count). The van der Waals surface area contributed by atoms with Crippen molar-refractivity contribution in [2.75, 3.05) is 37.6 Å². The molecule has 0 radical (unpaired) electrons. The second-order valence-electron chi connectivity index (χ2n) is 7.43. The zero-order chi connectivity index (χ0) is 18.1. The SMILES string of the molecule is C[C@@H](O)CN1CCN(c2cc(C(=O)NC3CC3)c3ccccc3n2)CC1. The van der Waals surface area contributed by atoms with Gasteiger partial charge in [-0.3, -0.25) is 9.69 Å². The molecule has 1 aromatic heterocycles. The van der Waals surface area contributed by atoms with E-state index in [0.717, 1.165) is 55.7 Å². The van der Waals surface area contributed by atoms with Crippen LogP contribution in [0.15, 0.2) is 30.3 Å². The molecule has 0 unspecified atom stereocenters. The van der Waals surface area contributed by atoms with Gasteiger partial charge in [0, 0.05) is 44.2 Å². The van der Waals surface area contributed by atoms with Crippen LogP contribution < -0.4 is 10.2 Å². The van der Waals surface area contributed by atoms with Crippen molar-refractivity contribution in [2.45, 2.75) is 31.9 Å². The van der Waals surface area contributed by atoms with Gasteiger partial charge in [-0.2, -0.15) is 0 Å². The molecule has 1 atom stereocenters. The van der Waals surface area contributed by atoms with Crippen molar-refractivity contribution in [3.05, 3.63) is 35.9 Å². The average Bonchev–Trinajstić information content (AvgIpc) is 3.45. The zero-order valence-electron chi connectivity index (χ0n) is 15.2. The van der Waals surface area contributed by atoms with E-state index in [9.17, 15) is 9.90 Å². The van der Waals surface area contributed by atoms with E-state index >= 15 is 0 Å². The number of carbonyl (C=O) groups excluding carboxylic acids is 1. The maximum Gasteiger partial charge on any atom is 0.252 e. The second kappa shape index (κ2) is 7.21. The number of hydrogen-bond donors (Lipinski definition) is 2.